The van der Waals surface area contributed by atoms with E-state index in [1.54, 1.807) is 0 Å². The van der Waals surface area contributed by atoms with E-state index in [1.165, 1.54) is 44.1 Å². The molecule has 0 radical (unpaired) electrons. The van der Waals surface area contributed by atoms with E-state index < -0.39 is 0 Å². The number of benzene rings is 1. The van der Waals surface area contributed by atoms with Crippen molar-refractivity contribution in [2.24, 2.45) is 22.7 Å². The van der Waals surface area contributed by atoms with Crippen molar-refractivity contribution in [3.05, 3.63) is 35.9 Å². The molecule has 0 N–H and O–H groups in total. The topological polar surface area (TPSA) is 0 Å². The summed E-state index contributed by atoms with van der Waals surface area (Å²) in [5.41, 5.74) is 2.32. The molecule has 0 spiro atoms. The predicted molar refractivity (Wildman–Crippen MR) is 80.3 cm³/mol. The number of alkyl halides is 1. The Kier molecular flexibility index (Phi) is 2.59. The van der Waals surface area contributed by atoms with Crippen molar-refractivity contribution in [3.8, 4) is 0 Å². The average Bonchev–Trinajstić information content (AvgIpc) is 2.36. The Labute approximate surface area is 121 Å². The molecule has 4 fully saturated rings. The second kappa shape index (κ2) is 4.01. The molecule has 4 saturated carbocycles. The molecule has 0 aromatic heterocycles. The van der Waals surface area contributed by atoms with Crippen LogP contribution in [-0.4, -0.2) is 0 Å². The minimum Gasteiger partial charge on any atom is -0.117 e. The second-order valence-corrected chi connectivity index (χ2v) is 8.34. The van der Waals surface area contributed by atoms with Crippen molar-refractivity contribution in [1.82, 2.24) is 0 Å². The van der Waals surface area contributed by atoms with Gasteiger partial charge in [0, 0.05) is 0 Å². The highest BCUT2D eigenvalue weighted by Crippen LogP contribution is 2.69. The summed E-state index contributed by atoms with van der Waals surface area (Å²) in [4.78, 5) is 0. The normalized spacial score (nSPS) is 45.4. The summed E-state index contributed by atoms with van der Waals surface area (Å²) < 4.78 is 0. The summed E-state index contributed by atoms with van der Waals surface area (Å²) in [6, 6.07) is 10.8. The molecule has 19 heavy (non-hydrogen) atoms. The average molecular weight is 275 g/mol. The Balaban J connectivity index is 1.70. The summed E-state index contributed by atoms with van der Waals surface area (Å²) in [6.07, 6.45) is 8.52. The largest absolute Gasteiger partial charge is 0.117 e. The Hall–Kier alpha value is -0.490. The fourth-order valence-electron chi connectivity index (χ4n) is 6.07. The van der Waals surface area contributed by atoms with Crippen LogP contribution in [0, 0.1) is 22.7 Å². The Bertz CT molecular complexity index is 464. The van der Waals surface area contributed by atoms with Crippen LogP contribution in [0.3, 0.4) is 0 Å². The van der Waals surface area contributed by atoms with Gasteiger partial charge in [-0.2, -0.15) is 0 Å². The van der Waals surface area contributed by atoms with Crippen molar-refractivity contribution < 1.29 is 0 Å². The van der Waals surface area contributed by atoms with Gasteiger partial charge in [0.05, 0.1) is 5.38 Å². The fraction of sp³-hybridized carbons (Fsp3) is 0.667. The maximum Gasteiger partial charge on any atom is 0.0641 e. The monoisotopic (exact) mass is 274 g/mol. The first-order valence-corrected chi connectivity index (χ1v) is 8.21. The summed E-state index contributed by atoms with van der Waals surface area (Å²) in [5.74, 6) is 1.91. The van der Waals surface area contributed by atoms with E-state index in [1.807, 2.05) is 0 Å². The Morgan fingerprint density at radius 1 is 1.05 bits per heavy atom. The van der Waals surface area contributed by atoms with Gasteiger partial charge in [-0.25, -0.2) is 0 Å². The van der Waals surface area contributed by atoms with E-state index in [0.717, 1.165) is 11.8 Å². The lowest BCUT2D eigenvalue weighted by Gasteiger charge is -2.62. The minimum atomic E-state index is 0.221. The van der Waals surface area contributed by atoms with Gasteiger partial charge in [0.1, 0.15) is 0 Å². The summed E-state index contributed by atoms with van der Waals surface area (Å²) in [7, 11) is 0. The molecule has 0 saturated heterocycles. The molecule has 102 valence electrons. The zero-order valence-electron chi connectivity index (χ0n) is 11.7. The molecule has 4 aliphatic rings. The van der Waals surface area contributed by atoms with Crippen molar-refractivity contribution >= 4 is 11.6 Å². The van der Waals surface area contributed by atoms with Crippen LogP contribution in [0.2, 0.25) is 0 Å². The van der Waals surface area contributed by atoms with Crippen LogP contribution >= 0.6 is 11.6 Å². The van der Waals surface area contributed by atoms with Crippen molar-refractivity contribution in [3.63, 3.8) is 0 Å². The highest BCUT2D eigenvalue weighted by atomic mass is 35.5. The first kappa shape index (κ1) is 12.3. The molecule has 1 aromatic rings. The first-order chi connectivity index (χ1) is 9.09. The lowest BCUT2D eigenvalue weighted by atomic mass is 9.43. The third kappa shape index (κ3) is 1.87. The lowest BCUT2D eigenvalue weighted by molar-refractivity contribution is -0.103. The smallest absolute Gasteiger partial charge is 0.0641 e. The van der Waals surface area contributed by atoms with E-state index >= 15 is 0 Å². The molecule has 5 rings (SSSR count). The van der Waals surface area contributed by atoms with Gasteiger partial charge in [-0.15, -0.1) is 11.6 Å². The summed E-state index contributed by atoms with van der Waals surface area (Å²) in [6.45, 7) is 2.52. The fourth-order valence-corrected chi connectivity index (χ4v) is 6.47. The third-order valence-corrected chi connectivity index (χ3v) is 6.74. The molecule has 4 aliphatic carbocycles. The highest BCUT2D eigenvalue weighted by molar-refractivity contribution is 6.21. The van der Waals surface area contributed by atoms with Gasteiger partial charge in [0.25, 0.3) is 0 Å². The van der Waals surface area contributed by atoms with Gasteiger partial charge in [-0.1, -0.05) is 37.3 Å². The molecule has 4 bridgehead atoms. The van der Waals surface area contributed by atoms with Crippen LogP contribution in [0.4, 0.5) is 0 Å². The van der Waals surface area contributed by atoms with Crippen LogP contribution < -0.4 is 0 Å². The first-order valence-electron chi connectivity index (χ1n) is 7.78. The highest BCUT2D eigenvalue weighted by Gasteiger charge is 2.58. The SMILES string of the molecule is CC12CC3CC(C1)CC(C(Cl)c1ccccc1)(C3)C2. The number of halogens is 1. The van der Waals surface area contributed by atoms with E-state index in [9.17, 15) is 0 Å². The second-order valence-electron chi connectivity index (χ2n) is 7.91. The lowest BCUT2D eigenvalue weighted by Crippen LogP contribution is -2.52. The molecule has 0 aliphatic heterocycles. The quantitative estimate of drug-likeness (QED) is 0.618. The summed E-state index contributed by atoms with van der Waals surface area (Å²) >= 11 is 6.99. The molecule has 1 aromatic carbocycles. The van der Waals surface area contributed by atoms with E-state index in [0.29, 0.717) is 10.8 Å². The van der Waals surface area contributed by atoms with Crippen molar-refractivity contribution in [2.45, 2.75) is 50.8 Å². The van der Waals surface area contributed by atoms with Gasteiger partial charge < -0.3 is 0 Å². The van der Waals surface area contributed by atoms with Gasteiger partial charge in [-0.05, 0) is 66.8 Å². The molecule has 0 nitrogen and oxygen atoms in total. The van der Waals surface area contributed by atoms with E-state index in [2.05, 4.69) is 37.3 Å². The van der Waals surface area contributed by atoms with Crippen LogP contribution in [-0.2, 0) is 0 Å². The molecule has 1 heteroatoms. The third-order valence-electron chi connectivity index (χ3n) is 6.03. The van der Waals surface area contributed by atoms with Crippen LogP contribution in [0.25, 0.3) is 0 Å². The zero-order chi connectivity index (χ0) is 13.1. The van der Waals surface area contributed by atoms with Gasteiger partial charge in [0.2, 0.25) is 0 Å². The number of hydrogen-bond donors (Lipinski definition) is 0. The van der Waals surface area contributed by atoms with E-state index in [-0.39, 0.29) is 5.38 Å². The van der Waals surface area contributed by atoms with Crippen LogP contribution in [0.15, 0.2) is 30.3 Å². The van der Waals surface area contributed by atoms with Gasteiger partial charge >= 0.3 is 0 Å². The van der Waals surface area contributed by atoms with Crippen molar-refractivity contribution in [2.75, 3.05) is 0 Å². The van der Waals surface area contributed by atoms with Gasteiger partial charge in [0.15, 0.2) is 0 Å². The summed E-state index contributed by atoms with van der Waals surface area (Å²) in [5, 5.41) is 0.221. The minimum absolute atomic E-state index is 0.221. The number of hydrogen-bond acceptors (Lipinski definition) is 0. The molecule has 0 heterocycles. The standard InChI is InChI=1S/C18H23Cl/c1-17-8-13-7-14(9-17)11-18(10-13,12-17)16(19)15-5-3-2-4-6-15/h2-6,13-14,16H,7-12H2,1H3. The Morgan fingerprint density at radius 3 is 2.26 bits per heavy atom. The number of rotatable bonds is 2. The van der Waals surface area contributed by atoms with Crippen LogP contribution in [0.5, 0.6) is 0 Å². The molecule has 0 amide bonds. The van der Waals surface area contributed by atoms with Gasteiger partial charge in [-0.3, -0.25) is 0 Å². The molecular weight excluding hydrogens is 252 g/mol. The van der Waals surface area contributed by atoms with Crippen LogP contribution in [0.1, 0.15) is 56.4 Å². The van der Waals surface area contributed by atoms with Crippen molar-refractivity contribution in [1.29, 1.82) is 0 Å². The zero-order valence-corrected chi connectivity index (χ0v) is 12.5. The molecule has 3 unspecified atom stereocenters. The maximum absolute atomic E-state index is 6.99. The predicted octanol–water partition coefficient (Wildman–Crippen LogP) is 5.57. The van der Waals surface area contributed by atoms with E-state index in [4.69, 9.17) is 11.6 Å². The molecular formula is C18H23Cl. The Morgan fingerprint density at radius 2 is 1.68 bits per heavy atom. The maximum atomic E-state index is 6.99. The molecule has 3 atom stereocenters.